The molecule has 0 amide bonds. The number of pyridine rings is 1. The highest BCUT2D eigenvalue weighted by Gasteiger charge is 2.18. The third-order valence-electron chi connectivity index (χ3n) is 4.03. The second kappa shape index (κ2) is 7.20. The van der Waals surface area contributed by atoms with Crippen molar-refractivity contribution in [2.24, 2.45) is 0 Å². The number of nitrogens with one attached hydrogen (secondary N) is 1. The van der Waals surface area contributed by atoms with Crippen molar-refractivity contribution in [3.63, 3.8) is 0 Å². The first-order valence-corrected chi connectivity index (χ1v) is 8.39. The van der Waals surface area contributed by atoms with Gasteiger partial charge in [0.15, 0.2) is 11.0 Å². The van der Waals surface area contributed by atoms with E-state index < -0.39 is 0 Å². The molecule has 0 fully saturated rings. The summed E-state index contributed by atoms with van der Waals surface area (Å²) in [5.74, 6) is 0.792. The van der Waals surface area contributed by atoms with Crippen LogP contribution in [0.4, 0.5) is 0 Å². The molecule has 0 atom stereocenters. The molecule has 24 heavy (non-hydrogen) atoms. The van der Waals surface area contributed by atoms with E-state index in [0.29, 0.717) is 30.4 Å². The van der Waals surface area contributed by atoms with Gasteiger partial charge in [-0.15, -0.1) is 0 Å². The number of fused-ring (bicyclic) bond motifs is 1. The van der Waals surface area contributed by atoms with Gasteiger partial charge in [-0.25, -0.2) is 14.6 Å². The summed E-state index contributed by atoms with van der Waals surface area (Å²) in [4.78, 5) is 9.02. The fraction of sp³-hybridized carbons (Fsp3) is 0.333. The first-order valence-electron chi connectivity index (χ1n) is 8.01. The lowest BCUT2D eigenvalue weighted by Crippen LogP contribution is -2.18. The van der Waals surface area contributed by atoms with Gasteiger partial charge in [-0.05, 0) is 31.9 Å². The van der Waals surface area contributed by atoms with Crippen LogP contribution in [-0.4, -0.2) is 21.3 Å². The van der Waals surface area contributed by atoms with Crippen LogP contribution in [0.5, 0.6) is 0 Å². The molecule has 6 heteroatoms. The third-order valence-corrected chi connectivity index (χ3v) is 4.29. The fourth-order valence-corrected chi connectivity index (χ4v) is 2.90. The Morgan fingerprint density at radius 1 is 1.17 bits per heavy atom. The van der Waals surface area contributed by atoms with E-state index in [4.69, 9.17) is 16.3 Å². The average molecular weight is 345 g/mol. The lowest BCUT2D eigenvalue weighted by atomic mass is 10.2. The Kier molecular flexibility index (Phi) is 5.02. The predicted molar refractivity (Wildman–Crippen MR) is 96.8 cm³/mol. The van der Waals surface area contributed by atoms with E-state index in [9.17, 15) is 0 Å². The molecule has 0 saturated carbocycles. The van der Waals surface area contributed by atoms with Crippen LogP contribution in [0.25, 0.3) is 11.0 Å². The van der Waals surface area contributed by atoms with Crippen molar-refractivity contribution < 1.29 is 4.74 Å². The highest BCUT2D eigenvalue weighted by molar-refractivity contribution is 6.33. The topological polar surface area (TPSA) is 52.0 Å². The lowest BCUT2D eigenvalue weighted by Gasteiger charge is -2.14. The molecule has 1 N–H and O–H groups in total. The summed E-state index contributed by atoms with van der Waals surface area (Å²) in [5, 5.41) is 0.422. The summed E-state index contributed by atoms with van der Waals surface area (Å²) in [5.41, 5.74) is 8.26. The smallest absolute Gasteiger partial charge is 0.157 e. The highest BCUT2D eigenvalue weighted by Crippen LogP contribution is 2.27. The maximum absolute atomic E-state index is 6.32. The van der Waals surface area contributed by atoms with E-state index in [1.165, 1.54) is 5.56 Å². The Hall–Kier alpha value is -2.11. The Morgan fingerprint density at radius 2 is 1.92 bits per heavy atom. The van der Waals surface area contributed by atoms with Crippen LogP contribution < -0.4 is 5.43 Å². The first kappa shape index (κ1) is 16.7. The summed E-state index contributed by atoms with van der Waals surface area (Å²) in [6.45, 7) is 7.69. The number of benzene rings is 1. The fourth-order valence-electron chi connectivity index (χ4n) is 2.64. The van der Waals surface area contributed by atoms with E-state index in [1.54, 1.807) is 0 Å². The quantitative estimate of drug-likeness (QED) is 0.687. The van der Waals surface area contributed by atoms with Crippen molar-refractivity contribution in [3.8, 4) is 0 Å². The van der Waals surface area contributed by atoms with Crippen molar-refractivity contribution >= 4 is 22.6 Å². The van der Waals surface area contributed by atoms with Gasteiger partial charge in [-0.3, -0.25) is 0 Å². The normalized spacial score (nSPS) is 11.2. The van der Waals surface area contributed by atoms with Gasteiger partial charge in [0.25, 0.3) is 0 Å². The van der Waals surface area contributed by atoms with Gasteiger partial charge < -0.3 is 10.2 Å². The summed E-state index contributed by atoms with van der Waals surface area (Å²) in [7, 11) is 0. The molecule has 2 heterocycles. The zero-order valence-corrected chi connectivity index (χ0v) is 14.9. The van der Waals surface area contributed by atoms with Crippen LogP contribution in [-0.2, 0) is 17.9 Å². The number of rotatable bonds is 6. The van der Waals surface area contributed by atoms with Crippen molar-refractivity contribution in [2.45, 2.75) is 33.9 Å². The Morgan fingerprint density at radius 3 is 2.62 bits per heavy atom. The molecule has 0 spiro atoms. The van der Waals surface area contributed by atoms with Gasteiger partial charge in [-0.1, -0.05) is 41.9 Å². The predicted octanol–water partition coefficient (Wildman–Crippen LogP) is 3.98. The number of hydrogen-bond acceptors (Lipinski definition) is 4. The van der Waals surface area contributed by atoms with E-state index in [0.717, 1.165) is 22.6 Å². The van der Waals surface area contributed by atoms with Crippen LogP contribution in [0.1, 0.15) is 29.6 Å². The number of ether oxygens (including phenoxy) is 1. The van der Waals surface area contributed by atoms with Gasteiger partial charge in [0.1, 0.15) is 12.1 Å². The molecule has 0 aliphatic rings. The minimum atomic E-state index is 0.418. The van der Waals surface area contributed by atoms with Crippen LogP contribution in [0.3, 0.4) is 0 Å². The van der Waals surface area contributed by atoms with Gasteiger partial charge in [0, 0.05) is 12.3 Å². The summed E-state index contributed by atoms with van der Waals surface area (Å²) >= 11 is 6.32. The zero-order valence-electron chi connectivity index (χ0n) is 14.1. The SMILES string of the molecule is CCOCc1nc2c(Cl)nc(C)c(C)c2n1NCc1ccccc1. The van der Waals surface area contributed by atoms with Gasteiger partial charge in [-0.2, -0.15) is 0 Å². The molecular formula is C18H21ClN4O. The summed E-state index contributed by atoms with van der Waals surface area (Å²) in [6.07, 6.45) is 0. The van der Waals surface area contributed by atoms with E-state index in [1.807, 2.05) is 43.6 Å². The summed E-state index contributed by atoms with van der Waals surface area (Å²) < 4.78 is 7.55. The largest absolute Gasteiger partial charge is 0.374 e. The molecule has 0 bridgehead atoms. The number of hydrogen-bond donors (Lipinski definition) is 1. The van der Waals surface area contributed by atoms with Crippen molar-refractivity contribution in [3.05, 3.63) is 58.1 Å². The van der Waals surface area contributed by atoms with Gasteiger partial charge in [0.05, 0.1) is 12.1 Å². The minimum Gasteiger partial charge on any atom is -0.374 e. The minimum absolute atomic E-state index is 0.418. The molecule has 0 aliphatic heterocycles. The monoisotopic (exact) mass is 344 g/mol. The average Bonchev–Trinajstić information content (AvgIpc) is 2.96. The molecule has 3 rings (SSSR count). The van der Waals surface area contributed by atoms with E-state index in [-0.39, 0.29) is 0 Å². The lowest BCUT2D eigenvalue weighted by molar-refractivity contribution is 0.127. The molecular weight excluding hydrogens is 324 g/mol. The molecule has 0 radical (unpaired) electrons. The molecule has 0 saturated heterocycles. The second-order valence-corrected chi connectivity index (χ2v) is 5.99. The summed E-state index contributed by atoms with van der Waals surface area (Å²) in [6, 6.07) is 10.2. The molecule has 1 aromatic carbocycles. The molecule has 0 unspecified atom stereocenters. The standard InChI is InChI=1S/C18H21ClN4O/c1-4-24-11-15-22-16-17(12(2)13(3)21-18(16)19)23(15)20-10-14-8-6-5-7-9-14/h5-9,20H,4,10-11H2,1-3H3. The number of aromatic nitrogens is 3. The van der Waals surface area contributed by atoms with E-state index >= 15 is 0 Å². The number of halogens is 1. The Bertz CT molecular complexity index is 845. The first-order chi connectivity index (χ1) is 11.6. The Labute approximate surface area is 146 Å². The van der Waals surface area contributed by atoms with Crippen LogP contribution >= 0.6 is 11.6 Å². The molecule has 126 valence electrons. The molecule has 0 aliphatic carbocycles. The third kappa shape index (κ3) is 3.23. The van der Waals surface area contributed by atoms with Crippen molar-refractivity contribution in [1.82, 2.24) is 14.6 Å². The second-order valence-electron chi connectivity index (χ2n) is 5.63. The zero-order chi connectivity index (χ0) is 17.1. The maximum Gasteiger partial charge on any atom is 0.157 e. The van der Waals surface area contributed by atoms with Crippen LogP contribution in [0, 0.1) is 13.8 Å². The number of imidazole rings is 1. The van der Waals surface area contributed by atoms with Gasteiger partial charge in [0.2, 0.25) is 0 Å². The highest BCUT2D eigenvalue weighted by atomic mass is 35.5. The van der Waals surface area contributed by atoms with Crippen molar-refractivity contribution in [2.75, 3.05) is 12.0 Å². The van der Waals surface area contributed by atoms with Gasteiger partial charge >= 0.3 is 0 Å². The number of nitrogens with zero attached hydrogens (tertiary/aromatic N) is 3. The van der Waals surface area contributed by atoms with Crippen LogP contribution in [0.2, 0.25) is 5.15 Å². The Balaban J connectivity index is 2.04. The molecule has 2 aromatic heterocycles. The maximum atomic E-state index is 6.32. The van der Waals surface area contributed by atoms with Crippen molar-refractivity contribution in [1.29, 1.82) is 0 Å². The van der Waals surface area contributed by atoms with E-state index in [2.05, 4.69) is 27.5 Å². The molecule has 3 aromatic rings. The number of aryl methyl sites for hydroxylation is 2. The molecule has 5 nitrogen and oxygen atoms in total. The van der Waals surface area contributed by atoms with Crippen LogP contribution in [0.15, 0.2) is 30.3 Å².